The van der Waals surface area contributed by atoms with Crippen molar-refractivity contribution >= 4 is 11.5 Å². The van der Waals surface area contributed by atoms with Crippen molar-refractivity contribution < 1.29 is 4.74 Å². The molecule has 5 heteroatoms. The molecule has 1 atom stereocenters. The van der Waals surface area contributed by atoms with Gasteiger partial charge < -0.3 is 10.1 Å². The summed E-state index contributed by atoms with van der Waals surface area (Å²) in [5.41, 5.74) is 0. The number of nitrogens with one attached hydrogen (secondary N) is 1. The van der Waals surface area contributed by atoms with Crippen LogP contribution in [0.4, 0.5) is 0 Å². The number of ether oxygens (including phenoxy) is 1. The van der Waals surface area contributed by atoms with Crippen LogP contribution in [0.3, 0.4) is 0 Å². The first kappa shape index (κ1) is 9.54. The molecule has 0 radical (unpaired) electrons. The molecule has 0 bridgehead atoms. The predicted molar refractivity (Wildman–Crippen MR) is 58.4 cm³/mol. The molecule has 1 saturated heterocycles. The minimum absolute atomic E-state index is 0.512. The molecule has 2 aliphatic rings. The second-order valence-electron chi connectivity index (χ2n) is 4.30. The number of hydrogen-bond donors (Lipinski definition) is 1. The molecule has 1 aliphatic heterocycles. The van der Waals surface area contributed by atoms with Crippen LogP contribution in [0.5, 0.6) is 5.19 Å². The van der Waals surface area contributed by atoms with E-state index in [2.05, 4.69) is 14.7 Å². The van der Waals surface area contributed by atoms with Gasteiger partial charge in [-0.2, -0.15) is 9.36 Å². The molecule has 4 nitrogen and oxygen atoms in total. The molecule has 2 heterocycles. The molecule has 15 heavy (non-hydrogen) atoms. The van der Waals surface area contributed by atoms with Crippen molar-refractivity contribution in [3.05, 3.63) is 5.82 Å². The third-order valence-electron chi connectivity index (χ3n) is 2.94. The zero-order valence-electron chi connectivity index (χ0n) is 8.61. The molecule has 82 valence electrons. The first-order valence-corrected chi connectivity index (χ1v) is 6.39. The van der Waals surface area contributed by atoms with Crippen LogP contribution in [0.15, 0.2) is 0 Å². The predicted octanol–water partition coefficient (Wildman–Crippen LogP) is 1.55. The van der Waals surface area contributed by atoms with Crippen molar-refractivity contribution in [3.63, 3.8) is 0 Å². The van der Waals surface area contributed by atoms with Crippen LogP contribution in [0.2, 0.25) is 0 Å². The molecule has 1 aromatic heterocycles. The molecule has 1 saturated carbocycles. The van der Waals surface area contributed by atoms with E-state index >= 15 is 0 Å². The fourth-order valence-corrected chi connectivity index (χ4v) is 2.47. The van der Waals surface area contributed by atoms with Crippen LogP contribution in [0.25, 0.3) is 0 Å². The number of aromatic nitrogens is 2. The first-order chi connectivity index (χ1) is 7.42. The lowest BCUT2D eigenvalue weighted by Gasteiger charge is -2.08. The van der Waals surface area contributed by atoms with Gasteiger partial charge in [-0.15, -0.1) is 0 Å². The Kier molecular flexibility index (Phi) is 2.58. The minimum Gasteiger partial charge on any atom is -0.467 e. The summed E-state index contributed by atoms with van der Waals surface area (Å²) in [6.07, 6.45) is 4.98. The van der Waals surface area contributed by atoms with Crippen LogP contribution in [-0.4, -0.2) is 28.6 Å². The Bertz CT molecular complexity index is 331. The summed E-state index contributed by atoms with van der Waals surface area (Å²) < 4.78 is 9.94. The van der Waals surface area contributed by atoms with E-state index in [0.29, 0.717) is 12.0 Å². The normalized spacial score (nSPS) is 25.7. The summed E-state index contributed by atoms with van der Waals surface area (Å²) in [6.45, 7) is 1.86. The van der Waals surface area contributed by atoms with Crippen LogP contribution in [0, 0.1) is 0 Å². The Hall–Kier alpha value is -0.680. The Morgan fingerprint density at radius 1 is 1.40 bits per heavy atom. The van der Waals surface area contributed by atoms with Crippen molar-refractivity contribution in [2.45, 2.75) is 37.6 Å². The van der Waals surface area contributed by atoms with Crippen molar-refractivity contribution in [3.8, 4) is 5.19 Å². The lowest BCUT2D eigenvalue weighted by atomic mass is 10.2. The molecule has 1 aromatic rings. The molecule has 1 N–H and O–H groups in total. The van der Waals surface area contributed by atoms with Crippen LogP contribution < -0.4 is 10.1 Å². The molecule has 0 aromatic carbocycles. The highest BCUT2D eigenvalue weighted by molar-refractivity contribution is 7.07. The highest BCUT2D eigenvalue weighted by Crippen LogP contribution is 2.39. The maximum Gasteiger partial charge on any atom is 0.293 e. The van der Waals surface area contributed by atoms with Gasteiger partial charge in [0.25, 0.3) is 5.19 Å². The van der Waals surface area contributed by atoms with Gasteiger partial charge in [0.1, 0.15) is 12.4 Å². The quantitative estimate of drug-likeness (QED) is 0.844. The number of nitrogens with zero attached hydrogens (tertiary/aromatic N) is 2. The molecule has 2 fully saturated rings. The first-order valence-electron chi connectivity index (χ1n) is 5.61. The second kappa shape index (κ2) is 4.06. The monoisotopic (exact) mass is 225 g/mol. The molecule has 1 aliphatic carbocycles. The minimum atomic E-state index is 0.512. The van der Waals surface area contributed by atoms with Crippen LogP contribution in [-0.2, 0) is 0 Å². The molecule has 3 rings (SSSR count). The standard InChI is InChI=1S/C10H15N3OS/c1-2-8(11-5-1)6-14-10-12-9(13-15-10)7-3-4-7/h7-8,11H,1-6H2. The van der Waals surface area contributed by atoms with E-state index < -0.39 is 0 Å². The van der Waals surface area contributed by atoms with Crippen molar-refractivity contribution in [2.75, 3.05) is 13.2 Å². The zero-order chi connectivity index (χ0) is 10.1. The fourth-order valence-electron chi connectivity index (χ4n) is 1.86. The van der Waals surface area contributed by atoms with Crippen LogP contribution >= 0.6 is 11.5 Å². The summed E-state index contributed by atoms with van der Waals surface area (Å²) in [4.78, 5) is 4.39. The van der Waals surface area contributed by atoms with Crippen molar-refractivity contribution in [1.82, 2.24) is 14.7 Å². The molecule has 0 amide bonds. The van der Waals surface area contributed by atoms with Gasteiger partial charge in [0.2, 0.25) is 0 Å². The largest absolute Gasteiger partial charge is 0.467 e. The average Bonchev–Trinajstić information content (AvgIpc) is 2.82. The Balaban J connectivity index is 1.52. The van der Waals surface area contributed by atoms with Crippen molar-refractivity contribution in [1.29, 1.82) is 0 Å². The smallest absolute Gasteiger partial charge is 0.293 e. The fraction of sp³-hybridized carbons (Fsp3) is 0.800. The van der Waals surface area contributed by atoms with Gasteiger partial charge in [0, 0.05) is 23.5 Å². The maximum atomic E-state index is 5.63. The average molecular weight is 225 g/mol. The summed E-state index contributed by atoms with van der Waals surface area (Å²) in [6, 6.07) is 0.512. The summed E-state index contributed by atoms with van der Waals surface area (Å²) in [5.74, 6) is 1.62. The van der Waals surface area contributed by atoms with Gasteiger partial charge in [-0.1, -0.05) is 0 Å². The third-order valence-corrected chi connectivity index (χ3v) is 3.58. The molecular formula is C10H15N3OS. The number of rotatable bonds is 4. The van der Waals surface area contributed by atoms with Gasteiger partial charge in [-0.3, -0.25) is 0 Å². The van der Waals surface area contributed by atoms with Gasteiger partial charge >= 0.3 is 0 Å². The lowest BCUT2D eigenvalue weighted by molar-refractivity contribution is 0.275. The van der Waals surface area contributed by atoms with Crippen LogP contribution in [0.1, 0.15) is 37.4 Å². The highest BCUT2D eigenvalue weighted by Gasteiger charge is 2.28. The third kappa shape index (κ3) is 2.29. The van der Waals surface area contributed by atoms with E-state index in [-0.39, 0.29) is 0 Å². The molecule has 0 spiro atoms. The van der Waals surface area contributed by atoms with E-state index in [1.807, 2.05) is 0 Å². The van der Waals surface area contributed by atoms with E-state index in [4.69, 9.17) is 4.74 Å². The number of hydrogen-bond acceptors (Lipinski definition) is 5. The summed E-state index contributed by atoms with van der Waals surface area (Å²) in [5, 5.41) is 4.14. The summed E-state index contributed by atoms with van der Waals surface area (Å²) in [7, 11) is 0. The zero-order valence-corrected chi connectivity index (χ0v) is 9.42. The van der Waals surface area contributed by atoms with E-state index in [0.717, 1.165) is 24.2 Å². The van der Waals surface area contributed by atoms with Gasteiger partial charge in [-0.25, -0.2) is 0 Å². The second-order valence-corrected chi connectivity index (χ2v) is 5.01. The Morgan fingerprint density at radius 2 is 2.33 bits per heavy atom. The van der Waals surface area contributed by atoms with E-state index in [9.17, 15) is 0 Å². The highest BCUT2D eigenvalue weighted by atomic mass is 32.1. The SMILES string of the molecule is C1CNC(COc2nc(C3CC3)ns2)C1. The van der Waals surface area contributed by atoms with Crippen molar-refractivity contribution in [2.24, 2.45) is 0 Å². The lowest BCUT2D eigenvalue weighted by Crippen LogP contribution is -2.28. The van der Waals surface area contributed by atoms with Gasteiger partial charge in [0.05, 0.1) is 0 Å². The maximum absolute atomic E-state index is 5.63. The molecule has 1 unspecified atom stereocenters. The van der Waals surface area contributed by atoms with E-state index in [1.54, 1.807) is 0 Å². The molecular weight excluding hydrogens is 210 g/mol. The Labute approximate surface area is 93.2 Å². The van der Waals surface area contributed by atoms with E-state index in [1.165, 1.54) is 37.2 Å². The summed E-state index contributed by atoms with van der Waals surface area (Å²) >= 11 is 1.39. The Morgan fingerprint density at radius 3 is 3.07 bits per heavy atom. The van der Waals surface area contributed by atoms with Gasteiger partial charge in [0.15, 0.2) is 0 Å². The van der Waals surface area contributed by atoms with Gasteiger partial charge in [-0.05, 0) is 32.2 Å². The topological polar surface area (TPSA) is 47.0 Å².